The third-order valence-electron chi connectivity index (χ3n) is 3.09. The zero-order valence-electron chi connectivity index (χ0n) is 13.2. The normalized spacial score (nSPS) is 12.6. The second-order valence-corrected chi connectivity index (χ2v) is 5.95. The molecule has 0 aliphatic carbocycles. The minimum Gasteiger partial charge on any atom is -0.465 e. The molecule has 0 aliphatic heterocycles. The van der Waals surface area contributed by atoms with Gasteiger partial charge in [-0.05, 0) is 30.4 Å². The lowest BCUT2D eigenvalue weighted by Gasteiger charge is -2.27. The Labute approximate surface area is 126 Å². The monoisotopic (exact) mass is 292 g/mol. The standard InChI is InChI=1S/C16H24N2O3/c1-5-21-15(20)13(16(2,3)4)14(19)18-10-8-12-7-6-9-17-11-12/h6-7,9,11,13H,5,8,10H2,1-4H3,(H,18,19). The molecule has 0 saturated heterocycles. The summed E-state index contributed by atoms with van der Waals surface area (Å²) in [7, 11) is 0. The van der Waals surface area contributed by atoms with Crippen molar-refractivity contribution in [2.45, 2.75) is 34.1 Å². The molecule has 1 aromatic heterocycles. The fourth-order valence-corrected chi connectivity index (χ4v) is 2.06. The molecule has 1 N–H and O–H groups in total. The first-order valence-electron chi connectivity index (χ1n) is 7.19. The first-order chi connectivity index (χ1) is 9.86. The number of pyridine rings is 1. The third kappa shape index (κ3) is 5.53. The third-order valence-corrected chi connectivity index (χ3v) is 3.09. The lowest BCUT2D eigenvalue weighted by Crippen LogP contribution is -2.44. The van der Waals surface area contributed by atoms with Crippen molar-refractivity contribution in [1.29, 1.82) is 0 Å². The fourth-order valence-electron chi connectivity index (χ4n) is 2.06. The van der Waals surface area contributed by atoms with E-state index in [0.29, 0.717) is 13.0 Å². The van der Waals surface area contributed by atoms with Gasteiger partial charge in [0.15, 0.2) is 0 Å². The number of esters is 1. The number of hydrogen-bond acceptors (Lipinski definition) is 4. The predicted molar refractivity (Wildman–Crippen MR) is 80.5 cm³/mol. The van der Waals surface area contributed by atoms with Crippen LogP contribution >= 0.6 is 0 Å². The molecule has 0 bridgehead atoms. The van der Waals surface area contributed by atoms with Crippen LogP contribution in [-0.4, -0.2) is 30.0 Å². The topological polar surface area (TPSA) is 68.3 Å². The maximum Gasteiger partial charge on any atom is 0.319 e. The van der Waals surface area contributed by atoms with E-state index in [1.807, 2.05) is 32.9 Å². The SMILES string of the molecule is CCOC(=O)C(C(=O)NCCc1cccnc1)C(C)(C)C. The molecule has 0 aromatic carbocycles. The van der Waals surface area contributed by atoms with Gasteiger partial charge in [-0.1, -0.05) is 26.8 Å². The van der Waals surface area contributed by atoms with Crippen LogP contribution in [0.1, 0.15) is 33.3 Å². The van der Waals surface area contributed by atoms with Gasteiger partial charge in [0.25, 0.3) is 0 Å². The van der Waals surface area contributed by atoms with Crippen LogP contribution in [0.2, 0.25) is 0 Å². The van der Waals surface area contributed by atoms with Crippen molar-refractivity contribution >= 4 is 11.9 Å². The Morgan fingerprint density at radius 2 is 2.10 bits per heavy atom. The van der Waals surface area contributed by atoms with E-state index in [1.165, 1.54) is 0 Å². The summed E-state index contributed by atoms with van der Waals surface area (Å²) in [6, 6.07) is 3.81. The Morgan fingerprint density at radius 1 is 1.38 bits per heavy atom. The van der Waals surface area contributed by atoms with Crippen molar-refractivity contribution in [2.24, 2.45) is 11.3 Å². The van der Waals surface area contributed by atoms with Crippen molar-refractivity contribution in [1.82, 2.24) is 10.3 Å². The molecule has 0 spiro atoms. The summed E-state index contributed by atoms with van der Waals surface area (Å²) in [6.45, 7) is 8.04. The molecule has 1 heterocycles. The van der Waals surface area contributed by atoms with Crippen LogP contribution in [0.3, 0.4) is 0 Å². The number of rotatable bonds is 6. The lowest BCUT2D eigenvalue weighted by atomic mass is 9.80. The Hall–Kier alpha value is -1.91. The van der Waals surface area contributed by atoms with Crippen LogP contribution in [-0.2, 0) is 20.7 Å². The highest BCUT2D eigenvalue weighted by Gasteiger charge is 2.38. The first kappa shape index (κ1) is 17.1. The molecule has 0 saturated carbocycles. The Bertz CT molecular complexity index is 466. The fraction of sp³-hybridized carbons (Fsp3) is 0.562. The maximum atomic E-state index is 12.3. The molecule has 1 atom stereocenters. The molecule has 0 radical (unpaired) electrons. The number of nitrogens with one attached hydrogen (secondary N) is 1. The second kappa shape index (κ2) is 7.76. The van der Waals surface area contributed by atoms with Gasteiger partial charge in [-0.3, -0.25) is 14.6 Å². The van der Waals surface area contributed by atoms with Crippen molar-refractivity contribution in [3.8, 4) is 0 Å². The highest BCUT2D eigenvalue weighted by atomic mass is 16.5. The van der Waals surface area contributed by atoms with Gasteiger partial charge in [0.05, 0.1) is 6.61 Å². The molecule has 116 valence electrons. The van der Waals surface area contributed by atoms with Gasteiger partial charge >= 0.3 is 5.97 Å². The van der Waals surface area contributed by atoms with Gasteiger partial charge in [-0.25, -0.2) is 0 Å². The van der Waals surface area contributed by atoms with Crippen LogP contribution in [0.15, 0.2) is 24.5 Å². The van der Waals surface area contributed by atoms with Gasteiger partial charge in [-0.15, -0.1) is 0 Å². The largest absolute Gasteiger partial charge is 0.465 e. The van der Waals surface area contributed by atoms with Gasteiger partial charge in [-0.2, -0.15) is 0 Å². The highest BCUT2D eigenvalue weighted by molar-refractivity contribution is 5.98. The van der Waals surface area contributed by atoms with Crippen LogP contribution in [0, 0.1) is 11.3 Å². The first-order valence-corrected chi connectivity index (χ1v) is 7.19. The highest BCUT2D eigenvalue weighted by Crippen LogP contribution is 2.27. The minimum absolute atomic E-state index is 0.272. The molecular formula is C16H24N2O3. The minimum atomic E-state index is -0.800. The molecule has 5 heteroatoms. The van der Waals surface area contributed by atoms with Gasteiger partial charge in [0, 0.05) is 18.9 Å². The Morgan fingerprint density at radius 3 is 2.62 bits per heavy atom. The number of ether oxygens (including phenoxy) is 1. The van der Waals surface area contributed by atoms with Crippen LogP contribution in [0.25, 0.3) is 0 Å². The van der Waals surface area contributed by atoms with E-state index in [0.717, 1.165) is 5.56 Å². The van der Waals surface area contributed by atoms with Crippen molar-refractivity contribution in [3.05, 3.63) is 30.1 Å². The molecule has 0 aliphatic rings. The predicted octanol–water partition coefficient (Wildman–Crippen LogP) is 1.97. The van der Waals surface area contributed by atoms with Crippen LogP contribution in [0.4, 0.5) is 0 Å². The lowest BCUT2D eigenvalue weighted by molar-refractivity contribution is -0.156. The van der Waals surface area contributed by atoms with E-state index >= 15 is 0 Å². The van der Waals surface area contributed by atoms with Gasteiger partial charge < -0.3 is 10.1 Å². The van der Waals surface area contributed by atoms with Crippen molar-refractivity contribution in [2.75, 3.05) is 13.2 Å². The summed E-state index contributed by atoms with van der Waals surface area (Å²) in [6.07, 6.45) is 4.15. The van der Waals surface area contributed by atoms with Gasteiger partial charge in [0.2, 0.25) is 5.91 Å². The summed E-state index contributed by atoms with van der Waals surface area (Å²) >= 11 is 0. The van der Waals surface area contributed by atoms with Gasteiger partial charge in [0.1, 0.15) is 5.92 Å². The van der Waals surface area contributed by atoms with E-state index in [2.05, 4.69) is 10.3 Å². The van der Waals surface area contributed by atoms with E-state index in [4.69, 9.17) is 4.74 Å². The Balaban J connectivity index is 2.59. The molecule has 1 unspecified atom stereocenters. The second-order valence-electron chi connectivity index (χ2n) is 5.95. The molecule has 5 nitrogen and oxygen atoms in total. The molecule has 1 amide bonds. The summed E-state index contributed by atoms with van der Waals surface area (Å²) in [5.74, 6) is -1.56. The number of hydrogen-bond donors (Lipinski definition) is 1. The average Bonchev–Trinajstić information content (AvgIpc) is 2.38. The summed E-state index contributed by atoms with van der Waals surface area (Å²) in [5.41, 5.74) is 0.561. The van der Waals surface area contributed by atoms with Crippen LogP contribution in [0.5, 0.6) is 0 Å². The Kier molecular flexibility index (Phi) is 6.34. The van der Waals surface area contributed by atoms with Crippen molar-refractivity contribution in [3.63, 3.8) is 0 Å². The molecule has 21 heavy (non-hydrogen) atoms. The summed E-state index contributed by atoms with van der Waals surface area (Å²) < 4.78 is 5.01. The van der Waals surface area contributed by atoms with E-state index in [9.17, 15) is 9.59 Å². The number of aromatic nitrogens is 1. The maximum absolute atomic E-state index is 12.3. The quantitative estimate of drug-likeness (QED) is 0.643. The number of carbonyl (C=O) groups excluding carboxylic acids is 2. The molecule has 1 aromatic rings. The van der Waals surface area contributed by atoms with Crippen LogP contribution < -0.4 is 5.32 Å². The van der Waals surface area contributed by atoms with E-state index < -0.39 is 17.3 Å². The molecule has 0 fully saturated rings. The average molecular weight is 292 g/mol. The number of nitrogens with zero attached hydrogens (tertiary/aromatic N) is 1. The summed E-state index contributed by atoms with van der Waals surface area (Å²) in [5, 5.41) is 2.81. The smallest absolute Gasteiger partial charge is 0.319 e. The zero-order valence-corrected chi connectivity index (χ0v) is 13.2. The van der Waals surface area contributed by atoms with Crippen molar-refractivity contribution < 1.29 is 14.3 Å². The summed E-state index contributed by atoms with van der Waals surface area (Å²) in [4.78, 5) is 28.3. The molecular weight excluding hydrogens is 268 g/mol. The number of carbonyl (C=O) groups is 2. The zero-order chi connectivity index (χ0) is 15.9. The van der Waals surface area contributed by atoms with E-state index in [1.54, 1.807) is 19.3 Å². The van der Waals surface area contributed by atoms with E-state index in [-0.39, 0.29) is 12.5 Å². The number of amides is 1. The molecule has 1 rings (SSSR count).